The van der Waals surface area contributed by atoms with E-state index in [1.807, 2.05) is 13.8 Å². The number of anilines is 1. The van der Waals surface area contributed by atoms with Crippen molar-refractivity contribution in [2.45, 2.75) is 45.8 Å². The molecule has 1 N–H and O–H groups in total. The van der Waals surface area contributed by atoms with Gasteiger partial charge in [-0.1, -0.05) is 35.0 Å². The zero-order valence-electron chi connectivity index (χ0n) is 19.1. The van der Waals surface area contributed by atoms with Crippen molar-refractivity contribution in [2.24, 2.45) is 0 Å². The van der Waals surface area contributed by atoms with Crippen molar-refractivity contribution in [3.63, 3.8) is 0 Å². The first-order valence-corrected chi connectivity index (χ1v) is 13.1. The van der Waals surface area contributed by atoms with Gasteiger partial charge in [-0.15, -0.1) is 0 Å². The summed E-state index contributed by atoms with van der Waals surface area (Å²) in [6, 6.07) is 11.2. The van der Waals surface area contributed by atoms with Gasteiger partial charge in [0.1, 0.15) is 18.4 Å². The Morgan fingerprint density at radius 1 is 1.06 bits per heavy atom. The van der Waals surface area contributed by atoms with Crippen molar-refractivity contribution in [3.05, 3.63) is 64.4 Å². The lowest BCUT2D eigenvalue weighted by atomic mass is 10.1. The van der Waals surface area contributed by atoms with Crippen LogP contribution in [0.5, 0.6) is 0 Å². The molecule has 2 aromatic carbocycles. The normalized spacial score (nSPS) is 13.2. The summed E-state index contributed by atoms with van der Waals surface area (Å²) >= 11 is 3.31. The Bertz CT molecular complexity index is 1060. The molecule has 0 aliphatic rings. The quantitative estimate of drug-likeness (QED) is 0.497. The Balaban J connectivity index is 2.36. The molecule has 2 amide bonds. The molecule has 0 aliphatic carbocycles. The van der Waals surface area contributed by atoms with Gasteiger partial charge in [0.2, 0.25) is 21.8 Å². The topological polar surface area (TPSA) is 86.8 Å². The van der Waals surface area contributed by atoms with E-state index >= 15 is 0 Å². The van der Waals surface area contributed by atoms with E-state index < -0.39 is 34.3 Å². The highest BCUT2D eigenvalue weighted by Crippen LogP contribution is 2.21. The maximum Gasteiger partial charge on any atom is 0.244 e. The highest BCUT2D eigenvalue weighted by Gasteiger charge is 2.30. The molecule has 2 rings (SSSR count). The number of nitrogens with one attached hydrogen (secondary N) is 1. The molecule has 0 bridgehead atoms. The van der Waals surface area contributed by atoms with Gasteiger partial charge >= 0.3 is 0 Å². The van der Waals surface area contributed by atoms with Crippen molar-refractivity contribution < 1.29 is 22.4 Å². The molecular weight excluding hydrogens is 513 g/mol. The van der Waals surface area contributed by atoms with Gasteiger partial charge in [0.05, 0.1) is 11.9 Å². The van der Waals surface area contributed by atoms with Gasteiger partial charge in [0, 0.05) is 17.1 Å². The van der Waals surface area contributed by atoms with Crippen molar-refractivity contribution in [1.29, 1.82) is 0 Å². The standard InChI is InChI=1S/C23H29BrFN3O4S/c1-5-16(2)26-23(30)17(3)27(14-18-6-10-20(25)11-7-18)22(29)15-28(33(4,31)32)21-12-8-19(24)9-13-21/h6-13,16-17H,5,14-15H2,1-4H3,(H,26,30)/t16-,17-/m0/s1. The van der Waals surface area contributed by atoms with Crippen LogP contribution in [-0.4, -0.2) is 50.0 Å². The largest absolute Gasteiger partial charge is 0.352 e. The molecule has 10 heteroatoms. The van der Waals surface area contributed by atoms with Gasteiger partial charge < -0.3 is 10.2 Å². The maximum atomic E-state index is 13.4. The van der Waals surface area contributed by atoms with Crippen LogP contribution in [0.15, 0.2) is 53.0 Å². The molecule has 0 aromatic heterocycles. The van der Waals surface area contributed by atoms with E-state index in [0.717, 1.165) is 21.5 Å². The number of nitrogens with zero attached hydrogens (tertiary/aromatic N) is 2. The van der Waals surface area contributed by atoms with Gasteiger partial charge in [-0.2, -0.15) is 0 Å². The lowest BCUT2D eigenvalue weighted by Gasteiger charge is -2.32. The summed E-state index contributed by atoms with van der Waals surface area (Å²) in [6.45, 7) is 4.91. The van der Waals surface area contributed by atoms with E-state index in [2.05, 4.69) is 21.2 Å². The lowest BCUT2D eigenvalue weighted by Crippen LogP contribution is -2.52. The molecule has 0 saturated carbocycles. The van der Waals surface area contributed by atoms with Crippen molar-refractivity contribution in [1.82, 2.24) is 10.2 Å². The third-order valence-electron chi connectivity index (χ3n) is 5.23. The Hall–Kier alpha value is -2.46. The average molecular weight is 542 g/mol. The number of carbonyl (C=O) groups is 2. The molecule has 0 spiro atoms. The van der Waals surface area contributed by atoms with Crippen LogP contribution < -0.4 is 9.62 Å². The van der Waals surface area contributed by atoms with E-state index in [-0.39, 0.29) is 18.5 Å². The van der Waals surface area contributed by atoms with Gasteiger partial charge in [0.25, 0.3) is 0 Å². The monoisotopic (exact) mass is 541 g/mol. The van der Waals surface area contributed by atoms with Gasteiger partial charge in [-0.05, 0) is 62.2 Å². The van der Waals surface area contributed by atoms with Crippen LogP contribution in [0.25, 0.3) is 0 Å². The molecule has 2 aromatic rings. The number of benzene rings is 2. The second kappa shape index (κ2) is 11.6. The number of amides is 2. The second-order valence-corrected chi connectivity index (χ2v) is 10.7. The van der Waals surface area contributed by atoms with Crippen LogP contribution in [0, 0.1) is 5.82 Å². The number of rotatable bonds is 10. The molecule has 0 saturated heterocycles. The third-order valence-corrected chi connectivity index (χ3v) is 6.90. The molecule has 180 valence electrons. The summed E-state index contributed by atoms with van der Waals surface area (Å²) in [7, 11) is -3.79. The molecule has 7 nitrogen and oxygen atoms in total. The minimum atomic E-state index is -3.79. The third kappa shape index (κ3) is 7.82. The minimum Gasteiger partial charge on any atom is -0.352 e. The molecular formula is C23H29BrFN3O4S. The fourth-order valence-corrected chi connectivity index (χ4v) is 4.17. The zero-order chi connectivity index (χ0) is 24.8. The Labute approximate surface area is 203 Å². The van der Waals surface area contributed by atoms with Gasteiger partial charge in [-0.25, -0.2) is 12.8 Å². The van der Waals surface area contributed by atoms with E-state index in [1.165, 1.54) is 29.2 Å². The smallest absolute Gasteiger partial charge is 0.244 e. The van der Waals surface area contributed by atoms with Crippen molar-refractivity contribution >= 4 is 43.5 Å². The maximum absolute atomic E-state index is 13.4. The molecule has 0 fully saturated rings. The number of sulfonamides is 1. The van der Waals surface area contributed by atoms with E-state index in [0.29, 0.717) is 11.3 Å². The number of hydrogen-bond acceptors (Lipinski definition) is 4. The van der Waals surface area contributed by atoms with Gasteiger partial charge in [-0.3, -0.25) is 13.9 Å². The number of halogens is 2. The fraction of sp³-hybridized carbons (Fsp3) is 0.391. The predicted octanol–water partition coefficient (Wildman–Crippen LogP) is 3.69. The molecule has 0 heterocycles. The first kappa shape index (κ1) is 26.8. The summed E-state index contributed by atoms with van der Waals surface area (Å²) in [5, 5.41) is 2.85. The fourth-order valence-electron chi connectivity index (χ4n) is 3.06. The highest BCUT2D eigenvalue weighted by molar-refractivity contribution is 9.10. The first-order chi connectivity index (χ1) is 15.4. The molecule has 0 unspecified atom stereocenters. The second-order valence-electron chi connectivity index (χ2n) is 7.89. The van der Waals surface area contributed by atoms with Crippen LogP contribution in [0.4, 0.5) is 10.1 Å². The van der Waals surface area contributed by atoms with E-state index in [4.69, 9.17) is 0 Å². The lowest BCUT2D eigenvalue weighted by molar-refractivity contribution is -0.139. The first-order valence-electron chi connectivity index (χ1n) is 10.5. The minimum absolute atomic E-state index is 0.0200. The predicted molar refractivity (Wildman–Crippen MR) is 131 cm³/mol. The van der Waals surface area contributed by atoms with E-state index in [9.17, 15) is 22.4 Å². The summed E-state index contributed by atoms with van der Waals surface area (Å²) in [5.41, 5.74) is 0.940. The number of carbonyl (C=O) groups excluding carboxylic acids is 2. The van der Waals surface area contributed by atoms with Crippen LogP contribution in [0.2, 0.25) is 0 Å². The molecule has 33 heavy (non-hydrogen) atoms. The van der Waals surface area contributed by atoms with Crippen molar-refractivity contribution in [2.75, 3.05) is 17.1 Å². The van der Waals surface area contributed by atoms with Crippen molar-refractivity contribution in [3.8, 4) is 0 Å². The number of hydrogen-bond donors (Lipinski definition) is 1. The summed E-state index contributed by atoms with van der Waals surface area (Å²) in [4.78, 5) is 27.5. The molecule has 0 radical (unpaired) electrons. The summed E-state index contributed by atoms with van der Waals surface area (Å²) in [5.74, 6) is -1.33. The van der Waals surface area contributed by atoms with Gasteiger partial charge in [0.15, 0.2) is 0 Å². The molecule has 2 atom stereocenters. The Morgan fingerprint density at radius 2 is 1.64 bits per heavy atom. The van der Waals surface area contributed by atoms with Crippen LogP contribution >= 0.6 is 15.9 Å². The van der Waals surface area contributed by atoms with Crippen LogP contribution in [0.1, 0.15) is 32.8 Å². The average Bonchev–Trinajstić information content (AvgIpc) is 2.76. The zero-order valence-corrected chi connectivity index (χ0v) is 21.5. The van der Waals surface area contributed by atoms with E-state index in [1.54, 1.807) is 31.2 Å². The SMILES string of the molecule is CC[C@H](C)NC(=O)[C@H](C)N(Cc1ccc(F)cc1)C(=O)CN(c1ccc(Br)cc1)S(C)(=O)=O. The molecule has 0 aliphatic heterocycles. The Kier molecular flexibility index (Phi) is 9.42. The van der Waals surface area contributed by atoms with Crippen LogP contribution in [-0.2, 0) is 26.2 Å². The highest BCUT2D eigenvalue weighted by atomic mass is 79.9. The van der Waals surface area contributed by atoms with Crippen LogP contribution in [0.3, 0.4) is 0 Å². The summed E-state index contributed by atoms with van der Waals surface area (Å²) in [6.07, 6.45) is 1.74. The summed E-state index contributed by atoms with van der Waals surface area (Å²) < 4.78 is 40.1. The Morgan fingerprint density at radius 3 is 2.15 bits per heavy atom.